The first-order valence-electron chi connectivity index (χ1n) is 7.94. The van der Waals surface area contributed by atoms with Crippen LogP contribution < -0.4 is 20.0 Å². The lowest BCUT2D eigenvalue weighted by Crippen LogP contribution is -2.20. The molecule has 144 valence electrons. The third-order valence-electron chi connectivity index (χ3n) is 3.58. The number of ether oxygens (including phenoxy) is 2. The van der Waals surface area contributed by atoms with Crippen molar-refractivity contribution in [3.63, 3.8) is 0 Å². The number of nitrogens with two attached hydrogens (primary N) is 1. The smallest absolute Gasteiger partial charge is 0.276 e. The second-order valence-corrected chi connectivity index (χ2v) is 7.42. The van der Waals surface area contributed by atoms with Crippen LogP contribution in [0.1, 0.15) is 16.7 Å². The Morgan fingerprint density at radius 1 is 1.19 bits per heavy atom. The van der Waals surface area contributed by atoms with Crippen molar-refractivity contribution >= 4 is 22.1 Å². The van der Waals surface area contributed by atoms with E-state index < -0.39 is 15.9 Å². The predicted octanol–water partition coefficient (Wildman–Crippen LogP) is 1.49. The Morgan fingerprint density at radius 3 is 2.59 bits per heavy atom. The molecule has 0 heterocycles. The van der Waals surface area contributed by atoms with Crippen molar-refractivity contribution in [2.75, 3.05) is 13.7 Å². The Bertz CT molecular complexity index is 971. The third-order valence-corrected chi connectivity index (χ3v) is 4.94. The summed E-state index contributed by atoms with van der Waals surface area (Å²) in [6, 6.07) is 9.97. The van der Waals surface area contributed by atoms with E-state index in [2.05, 4.69) is 9.93 Å². The van der Waals surface area contributed by atoms with Crippen molar-refractivity contribution in [3.8, 4) is 11.5 Å². The second-order valence-electron chi connectivity index (χ2n) is 5.79. The number of carbonyl (C=O) groups is 1. The quantitative estimate of drug-likeness (QED) is 0.522. The maximum atomic E-state index is 12.4. The molecule has 0 saturated carbocycles. The average Bonchev–Trinajstić information content (AvgIpc) is 2.61. The van der Waals surface area contributed by atoms with Crippen LogP contribution >= 0.6 is 0 Å². The average molecular weight is 391 g/mol. The first-order valence-corrected chi connectivity index (χ1v) is 9.42. The van der Waals surface area contributed by atoms with Gasteiger partial charge in [0.15, 0.2) is 18.1 Å². The molecule has 0 spiro atoms. The molecule has 0 saturated heterocycles. The van der Waals surface area contributed by atoms with E-state index in [-0.39, 0.29) is 17.3 Å². The number of primary amides is 1. The Kier molecular flexibility index (Phi) is 6.40. The van der Waals surface area contributed by atoms with Gasteiger partial charge in [-0.15, -0.1) is 0 Å². The summed E-state index contributed by atoms with van der Waals surface area (Å²) in [5, 5.41) is 3.80. The molecule has 0 aliphatic heterocycles. The summed E-state index contributed by atoms with van der Waals surface area (Å²) in [6.45, 7) is 3.21. The number of aryl methyl sites for hydroxylation is 2. The molecule has 1 amide bonds. The Hall–Kier alpha value is -3.07. The normalized spacial score (nSPS) is 11.4. The van der Waals surface area contributed by atoms with E-state index in [0.29, 0.717) is 16.9 Å². The Morgan fingerprint density at radius 2 is 1.93 bits per heavy atom. The predicted molar refractivity (Wildman–Crippen MR) is 102 cm³/mol. The van der Waals surface area contributed by atoms with E-state index in [1.54, 1.807) is 37.3 Å². The largest absolute Gasteiger partial charge is 0.493 e. The van der Waals surface area contributed by atoms with Gasteiger partial charge >= 0.3 is 0 Å². The number of hydrogen-bond donors (Lipinski definition) is 2. The van der Waals surface area contributed by atoms with Crippen LogP contribution in [0.15, 0.2) is 46.4 Å². The van der Waals surface area contributed by atoms with Gasteiger partial charge in [-0.05, 0) is 54.8 Å². The summed E-state index contributed by atoms with van der Waals surface area (Å²) in [7, 11) is -2.34. The van der Waals surface area contributed by atoms with E-state index in [1.807, 2.05) is 13.0 Å². The van der Waals surface area contributed by atoms with E-state index in [1.165, 1.54) is 13.3 Å². The standard InChI is InChI=1S/C18H21N3O5S/c1-12-4-5-13(2)17(8-12)27(23,24)21-20-10-14-6-7-15(25-3)16(9-14)26-11-18(19)22/h4-10,21H,11H2,1-3H3,(H2,19,22). The van der Waals surface area contributed by atoms with Gasteiger partial charge < -0.3 is 15.2 Å². The number of hydrogen-bond acceptors (Lipinski definition) is 6. The Balaban J connectivity index is 2.18. The molecule has 3 N–H and O–H groups in total. The minimum Gasteiger partial charge on any atom is -0.493 e. The molecule has 27 heavy (non-hydrogen) atoms. The topological polar surface area (TPSA) is 120 Å². The van der Waals surface area contributed by atoms with Crippen LogP contribution in [-0.4, -0.2) is 34.3 Å². The molecule has 2 rings (SSSR count). The van der Waals surface area contributed by atoms with Gasteiger partial charge in [-0.3, -0.25) is 4.79 Å². The summed E-state index contributed by atoms with van der Waals surface area (Å²) in [6.07, 6.45) is 1.32. The van der Waals surface area contributed by atoms with Crippen LogP contribution in [0.25, 0.3) is 0 Å². The van der Waals surface area contributed by atoms with Gasteiger partial charge in [0.2, 0.25) is 0 Å². The fraction of sp³-hybridized carbons (Fsp3) is 0.222. The zero-order valence-electron chi connectivity index (χ0n) is 15.2. The van der Waals surface area contributed by atoms with Crippen molar-refractivity contribution < 1.29 is 22.7 Å². The summed E-state index contributed by atoms with van der Waals surface area (Å²) in [5.41, 5.74) is 7.06. The number of rotatable bonds is 8. The van der Waals surface area contributed by atoms with E-state index in [0.717, 1.165) is 5.56 Å². The van der Waals surface area contributed by atoms with Crippen molar-refractivity contribution in [2.24, 2.45) is 10.8 Å². The number of nitrogens with zero attached hydrogens (tertiary/aromatic N) is 1. The molecule has 0 aliphatic carbocycles. The van der Waals surface area contributed by atoms with Crippen LogP contribution in [0.3, 0.4) is 0 Å². The van der Waals surface area contributed by atoms with Gasteiger partial charge in [-0.2, -0.15) is 13.5 Å². The minimum absolute atomic E-state index is 0.167. The third kappa shape index (κ3) is 5.45. The number of carbonyl (C=O) groups excluding carboxylic acids is 1. The number of nitrogens with one attached hydrogen (secondary N) is 1. The zero-order valence-corrected chi connectivity index (χ0v) is 16.0. The van der Waals surface area contributed by atoms with E-state index in [4.69, 9.17) is 15.2 Å². The highest BCUT2D eigenvalue weighted by Gasteiger charge is 2.16. The van der Waals surface area contributed by atoms with Crippen LogP contribution in [0.2, 0.25) is 0 Å². The molecule has 0 aromatic heterocycles. The van der Waals surface area contributed by atoms with Crippen molar-refractivity contribution in [1.29, 1.82) is 0 Å². The molecule has 0 bridgehead atoms. The summed E-state index contributed by atoms with van der Waals surface area (Å²) in [5.74, 6) is 0.0689. The molecule has 0 radical (unpaired) electrons. The molecular weight excluding hydrogens is 370 g/mol. The molecule has 9 heteroatoms. The Labute approximate surface area is 158 Å². The van der Waals surface area contributed by atoms with Crippen LogP contribution in [0.4, 0.5) is 0 Å². The summed E-state index contributed by atoms with van der Waals surface area (Å²) in [4.78, 5) is 13.2. The van der Waals surface area contributed by atoms with Crippen molar-refractivity contribution in [3.05, 3.63) is 53.1 Å². The SMILES string of the molecule is COc1ccc(C=NNS(=O)(=O)c2cc(C)ccc2C)cc1OCC(N)=O. The van der Waals surface area contributed by atoms with Crippen LogP contribution in [0, 0.1) is 13.8 Å². The minimum atomic E-state index is -3.79. The number of hydrazone groups is 1. The maximum Gasteiger partial charge on any atom is 0.276 e. The first kappa shape index (κ1) is 20.2. The molecule has 0 unspecified atom stereocenters. The molecule has 0 aliphatic rings. The number of amides is 1. The number of benzene rings is 2. The molecule has 0 fully saturated rings. The maximum absolute atomic E-state index is 12.4. The summed E-state index contributed by atoms with van der Waals surface area (Å²) < 4.78 is 35.3. The molecule has 2 aromatic rings. The monoisotopic (exact) mass is 391 g/mol. The van der Waals surface area contributed by atoms with Gasteiger partial charge in [0.05, 0.1) is 18.2 Å². The number of methoxy groups -OCH3 is 1. The summed E-state index contributed by atoms with van der Waals surface area (Å²) >= 11 is 0. The highest BCUT2D eigenvalue weighted by Crippen LogP contribution is 2.27. The fourth-order valence-electron chi connectivity index (χ4n) is 2.25. The first-order chi connectivity index (χ1) is 12.7. The number of sulfonamides is 1. The second kappa shape index (κ2) is 8.54. The van der Waals surface area contributed by atoms with Gasteiger partial charge in [-0.1, -0.05) is 12.1 Å². The van der Waals surface area contributed by atoms with Crippen LogP contribution in [-0.2, 0) is 14.8 Å². The highest BCUT2D eigenvalue weighted by atomic mass is 32.2. The highest BCUT2D eigenvalue weighted by molar-refractivity contribution is 7.89. The fourth-order valence-corrected chi connectivity index (χ4v) is 3.37. The van der Waals surface area contributed by atoms with Crippen molar-refractivity contribution in [1.82, 2.24) is 4.83 Å². The zero-order chi connectivity index (χ0) is 20.0. The lowest BCUT2D eigenvalue weighted by molar-refractivity contribution is -0.119. The van der Waals surface area contributed by atoms with Gasteiger partial charge in [0, 0.05) is 0 Å². The lowest BCUT2D eigenvalue weighted by Gasteiger charge is -2.10. The van der Waals surface area contributed by atoms with Crippen molar-refractivity contribution in [2.45, 2.75) is 18.7 Å². The molecular formula is C18H21N3O5S. The van der Waals surface area contributed by atoms with E-state index in [9.17, 15) is 13.2 Å². The van der Waals surface area contributed by atoms with Gasteiger partial charge in [-0.25, -0.2) is 4.83 Å². The molecule has 2 aromatic carbocycles. The van der Waals surface area contributed by atoms with E-state index >= 15 is 0 Å². The molecule has 0 atom stereocenters. The van der Waals surface area contributed by atoms with Crippen LogP contribution in [0.5, 0.6) is 11.5 Å². The molecule has 8 nitrogen and oxygen atoms in total. The lowest BCUT2D eigenvalue weighted by atomic mass is 10.2. The van der Waals surface area contributed by atoms with Gasteiger partial charge in [0.1, 0.15) is 0 Å². The van der Waals surface area contributed by atoms with Gasteiger partial charge in [0.25, 0.3) is 15.9 Å².